The monoisotopic (exact) mass is 1610 g/mol. The van der Waals surface area contributed by atoms with E-state index in [1.807, 2.05) is 13.8 Å². The molecule has 0 radical (unpaired) electrons. The van der Waals surface area contributed by atoms with Gasteiger partial charge in [0.1, 0.15) is 0 Å². The van der Waals surface area contributed by atoms with Crippen molar-refractivity contribution >= 4 is 132 Å². The number of carbonyl (C=O) groups is 16. The van der Waals surface area contributed by atoms with E-state index in [4.69, 9.17) is 86.1 Å². The Bertz CT molecular complexity index is 2960. The van der Waals surface area contributed by atoms with E-state index in [0.717, 1.165) is 49.9 Å². The number of hydrogen-bond acceptors (Lipinski definition) is 35. The van der Waals surface area contributed by atoms with E-state index in [-0.39, 0.29) is 89.9 Å². The fourth-order valence-electron chi connectivity index (χ4n) is 14.6. The van der Waals surface area contributed by atoms with Gasteiger partial charge in [0.05, 0.1) is 102 Å². The van der Waals surface area contributed by atoms with E-state index in [1.54, 1.807) is 42.7 Å². The standard InChI is InChI=1S/2C25H28O12.2C9H26N2O4Si2/c2*1-2-3-12-14(22(30)35-20(12)28)6-7-16-17(25(33)37-24(16)32)9-8-15-13(21(29)36-23(15)31)5-4-11-10-18(26)34-19(11)27;2*1-12-16(8-4-6-10)15-17(13-2,14-3)9-5-7-11/h2*11-17H,2-10H2,1H3;2*16H,4-11H2,1-3H3/p+1. The summed E-state index contributed by atoms with van der Waals surface area (Å²) < 4.78 is 81.3. The molecule has 36 nitrogen and oxygen atoms in total. The lowest BCUT2D eigenvalue weighted by atomic mass is 9.78. The van der Waals surface area contributed by atoms with E-state index in [2.05, 4.69) is 9.47 Å². The summed E-state index contributed by atoms with van der Waals surface area (Å²) in [5.74, 6) is -21.8. The first-order valence-corrected chi connectivity index (χ1v) is 44.5. The maximum absolute atomic E-state index is 12.4. The van der Waals surface area contributed by atoms with Gasteiger partial charge in [0.2, 0.25) is 0 Å². The first-order chi connectivity index (χ1) is 51.5. The molecule has 40 heteroatoms. The van der Waals surface area contributed by atoms with Crippen LogP contribution in [-0.4, -0.2) is 205 Å². The van der Waals surface area contributed by atoms with E-state index < -0.39 is 215 Å². The smallest absolute Gasteiger partial charge is 0.568 e. The molecule has 8 heterocycles. The number of rotatable bonds is 44. The molecule has 8 rings (SSSR count). The number of carbonyl (C=O) groups excluding carboxylic acids is 16. The van der Waals surface area contributed by atoms with E-state index in [9.17, 15) is 76.7 Å². The predicted molar refractivity (Wildman–Crippen MR) is 377 cm³/mol. The third-order valence-corrected chi connectivity index (χ3v) is 33.3. The van der Waals surface area contributed by atoms with Crippen LogP contribution in [0.4, 0.5) is 0 Å². The zero-order valence-corrected chi connectivity index (χ0v) is 67.2. The molecule has 0 amide bonds. The molecular weight excluding hydrogens is 1500 g/mol. The highest BCUT2D eigenvalue weighted by atomic mass is 28.4. The molecule has 0 aromatic carbocycles. The lowest BCUT2D eigenvalue weighted by Crippen LogP contribution is -2.52. The summed E-state index contributed by atoms with van der Waals surface area (Å²) >= 11 is 0. The Morgan fingerprint density at radius 1 is 0.333 bits per heavy atom. The molecule has 16 unspecified atom stereocenters. The van der Waals surface area contributed by atoms with Crippen LogP contribution in [0.5, 0.6) is 0 Å². The zero-order chi connectivity index (χ0) is 80.0. The predicted octanol–water partition coefficient (Wildman–Crippen LogP) is 1.44. The summed E-state index contributed by atoms with van der Waals surface area (Å²) in [6, 6.07) is 3.31. The maximum Gasteiger partial charge on any atom is 0.695 e. The van der Waals surface area contributed by atoms with Gasteiger partial charge >= 0.3 is 132 Å². The van der Waals surface area contributed by atoms with Crippen LogP contribution in [0.2, 0.25) is 24.2 Å². The molecule has 0 bridgehead atoms. The first-order valence-electron chi connectivity index (χ1n) is 37.0. The fourth-order valence-corrected chi connectivity index (χ4v) is 26.4. The fraction of sp³-hybridized carbons (Fsp3) is 0.765. The van der Waals surface area contributed by atoms with Crippen molar-refractivity contribution in [3.8, 4) is 0 Å². The molecule has 108 heavy (non-hydrogen) atoms. The van der Waals surface area contributed by atoms with Gasteiger partial charge in [0, 0.05) is 54.7 Å². The lowest BCUT2D eigenvalue weighted by Gasteiger charge is -2.30. The van der Waals surface area contributed by atoms with Gasteiger partial charge in [-0.1, -0.05) is 26.7 Å². The minimum Gasteiger partial charge on any atom is -0.568 e. The van der Waals surface area contributed by atoms with Crippen molar-refractivity contribution in [2.24, 2.45) is 106 Å². The van der Waals surface area contributed by atoms with Gasteiger partial charge in [-0.2, -0.15) is 0 Å². The summed E-state index contributed by atoms with van der Waals surface area (Å²) in [5, 5.41) is 0. The summed E-state index contributed by atoms with van der Waals surface area (Å²) in [4.78, 5) is 193. The Morgan fingerprint density at radius 3 is 0.833 bits per heavy atom. The van der Waals surface area contributed by atoms with E-state index >= 15 is 0 Å². The van der Waals surface area contributed by atoms with E-state index in [0.29, 0.717) is 51.9 Å². The molecule has 8 aliphatic rings. The minimum absolute atomic E-state index is 0.0647. The lowest BCUT2D eigenvalue weighted by molar-refractivity contribution is -0.156. The normalized spacial score (nSPS) is 27.5. The topological polar surface area (TPSA) is 528 Å². The molecule has 8 fully saturated rings. The van der Waals surface area contributed by atoms with Crippen molar-refractivity contribution in [1.82, 2.24) is 0 Å². The minimum atomic E-state index is -2.58. The summed E-state index contributed by atoms with van der Waals surface area (Å²) in [6.45, 7) is 6.29. The van der Waals surface area contributed by atoms with Crippen molar-refractivity contribution in [3.05, 3.63) is 0 Å². The van der Waals surface area contributed by atoms with Crippen LogP contribution in [-0.2, 0) is 145 Å². The molecule has 0 aromatic rings. The van der Waals surface area contributed by atoms with Crippen LogP contribution in [0.3, 0.4) is 0 Å². The van der Waals surface area contributed by atoms with Crippen molar-refractivity contribution in [1.29, 1.82) is 0 Å². The highest BCUT2D eigenvalue weighted by molar-refractivity contribution is 6.69. The van der Waals surface area contributed by atoms with Crippen molar-refractivity contribution in [2.75, 3.05) is 68.8 Å². The maximum atomic E-state index is 12.4. The third kappa shape index (κ3) is 25.8. The van der Waals surface area contributed by atoms with Gasteiger partial charge in [-0.15, -0.1) is 0 Å². The summed E-state index contributed by atoms with van der Waals surface area (Å²) in [6.07, 6.45) is 7.05. The number of ether oxygens (including phenoxy) is 8. The van der Waals surface area contributed by atoms with Gasteiger partial charge in [0.15, 0.2) is 0 Å². The Labute approximate surface area is 632 Å². The second-order valence-electron chi connectivity index (χ2n) is 27.6. The van der Waals surface area contributed by atoms with Crippen LogP contribution in [0.15, 0.2) is 0 Å². The number of cyclic esters (lactones) is 16. The molecule has 0 aromatic heterocycles. The van der Waals surface area contributed by atoms with Gasteiger partial charge in [-0.05, 0) is 148 Å². The Hall–Kier alpha value is -6.49. The third-order valence-electron chi connectivity index (χ3n) is 20.8. The van der Waals surface area contributed by atoms with E-state index in [1.165, 1.54) is 0 Å². The van der Waals surface area contributed by atoms with Crippen LogP contribution in [0.1, 0.15) is 155 Å². The number of nitrogens with two attached hydrogens (primary N) is 4. The van der Waals surface area contributed by atoms with Gasteiger partial charge in [0.25, 0.3) is 0 Å². The Morgan fingerprint density at radius 2 is 0.602 bits per heavy atom. The Kier molecular flexibility index (Phi) is 39.0. The van der Waals surface area contributed by atoms with Crippen LogP contribution >= 0.6 is 0 Å². The molecular formula is C68H109N4O32Si4+. The largest absolute Gasteiger partial charge is 0.695 e. The van der Waals surface area contributed by atoms with Gasteiger partial charge in [-0.25, -0.2) is 0 Å². The van der Waals surface area contributed by atoms with Crippen molar-refractivity contribution < 1.29 is 149 Å². The van der Waals surface area contributed by atoms with Crippen LogP contribution in [0.25, 0.3) is 0 Å². The second kappa shape index (κ2) is 45.7. The average Bonchev–Trinajstić information content (AvgIpc) is 1.66. The molecule has 9 N–H and O–H groups in total. The Balaban J connectivity index is 0.000000276. The summed E-state index contributed by atoms with van der Waals surface area (Å²) in [5.41, 5.74) is 22.0. The number of esters is 16. The molecule has 0 saturated carbocycles. The molecule has 8 saturated heterocycles. The molecule has 0 spiro atoms. The molecule has 608 valence electrons. The van der Waals surface area contributed by atoms with Crippen molar-refractivity contribution in [3.63, 3.8) is 0 Å². The van der Waals surface area contributed by atoms with Gasteiger partial charge < -0.3 is 95.6 Å². The second-order valence-corrected chi connectivity index (χ2v) is 38.9. The average molecular weight is 1610 g/mol. The first kappa shape index (κ1) is 92.1. The number of hydrogen-bond donors (Lipinski definition) is 4. The summed E-state index contributed by atoms with van der Waals surface area (Å²) in [7, 11) is 1.51. The molecule has 8 aliphatic heterocycles. The highest BCUT2D eigenvalue weighted by Gasteiger charge is 2.55. The van der Waals surface area contributed by atoms with Crippen LogP contribution in [0, 0.1) is 82.9 Å². The zero-order valence-electron chi connectivity index (χ0n) is 62.9. The highest BCUT2D eigenvalue weighted by Crippen LogP contribution is 2.43. The van der Waals surface area contributed by atoms with Crippen molar-refractivity contribution in [2.45, 2.75) is 179 Å². The van der Waals surface area contributed by atoms with Crippen LogP contribution < -0.4 is 22.9 Å². The van der Waals surface area contributed by atoms with Gasteiger partial charge in [-0.3, -0.25) is 76.7 Å². The quantitative estimate of drug-likeness (QED) is 0.0220. The SMILES string of the molecule is CCCC1C(=O)OC(=O)C1CCC1C(=O)OC(=O)C1CCC1C(=O)OC(=O)C1CCC1CC(=O)OC1=O.CCCC1C(=O)OC(=O)C1CCC1C(=O)OC(=O)C1CCC1C(=O)OC(=O)C1CCC1CC(=O)OC1=O.CO[SiH](CCCN)O[Si](CCCN)(OC)OC.CO[SiH](CCCN)[OH+][Si](CCCN)(OC)OC. The molecule has 16 atom stereocenters. The molecule has 0 aliphatic carbocycles.